The van der Waals surface area contributed by atoms with Gasteiger partial charge in [-0.15, -0.1) is 4.40 Å². The molecule has 0 aromatic carbocycles. The molecule has 1 saturated carbocycles. The zero-order valence-corrected chi connectivity index (χ0v) is 13.7. The molecule has 1 atom stereocenters. The van der Waals surface area contributed by atoms with Crippen molar-refractivity contribution in [3.63, 3.8) is 0 Å². The molecule has 126 valence electrons. The molecule has 1 aliphatic carbocycles. The molecule has 2 fully saturated rings. The Kier molecular flexibility index (Phi) is 4.33. The standard InChI is InChI=1S/C13H21F2N3O3S/c1-4-10(19)11-12(13(11,14)15)5-7-18(8-6-12)22(20,21)16-9-17(2)3/h9,11H,4-8H2,1-3H3/t11-/m0/s1. The number of piperidine rings is 1. The van der Waals surface area contributed by atoms with Crippen LogP contribution in [0.5, 0.6) is 0 Å². The molecule has 6 nitrogen and oxygen atoms in total. The van der Waals surface area contributed by atoms with Gasteiger partial charge in [0.25, 0.3) is 5.92 Å². The molecule has 0 aromatic heterocycles. The maximum absolute atomic E-state index is 14.0. The molecule has 1 heterocycles. The van der Waals surface area contributed by atoms with Crippen molar-refractivity contribution in [1.29, 1.82) is 0 Å². The predicted molar refractivity (Wildman–Crippen MR) is 78.1 cm³/mol. The second-order valence-electron chi connectivity index (χ2n) is 6.09. The van der Waals surface area contributed by atoms with Crippen LogP contribution >= 0.6 is 0 Å². The Morgan fingerprint density at radius 3 is 2.36 bits per heavy atom. The van der Waals surface area contributed by atoms with Gasteiger partial charge in [-0.2, -0.15) is 12.7 Å². The van der Waals surface area contributed by atoms with Gasteiger partial charge in [-0.05, 0) is 12.8 Å². The zero-order chi connectivity index (χ0) is 16.8. The second-order valence-corrected chi connectivity index (χ2v) is 7.72. The van der Waals surface area contributed by atoms with Crippen LogP contribution in [0.2, 0.25) is 0 Å². The maximum Gasteiger partial charge on any atom is 0.323 e. The molecule has 2 rings (SSSR count). The molecule has 1 spiro atoms. The molecule has 0 radical (unpaired) electrons. The molecule has 0 bridgehead atoms. The molecule has 1 aliphatic heterocycles. The van der Waals surface area contributed by atoms with Gasteiger partial charge in [0.2, 0.25) is 0 Å². The number of ketones is 1. The van der Waals surface area contributed by atoms with Crippen LogP contribution in [-0.2, 0) is 15.0 Å². The lowest BCUT2D eigenvalue weighted by molar-refractivity contribution is -0.122. The molecule has 9 heteroatoms. The van der Waals surface area contributed by atoms with Crippen molar-refractivity contribution >= 4 is 22.3 Å². The van der Waals surface area contributed by atoms with Crippen LogP contribution in [0.15, 0.2) is 4.40 Å². The van der Waals surface area contributed by atoms with E-state index in [-0.39, 0.29) is 32.4 Å². The van der Waals surface area contributed by atoms with Crippen LogP contribution < -0.4 is 0 Å². The highest BCUT2D eigenvalue weighted by Crippen LogP contribution is 2.71. The average Bonchev–Trinajstić information content (AvgIpc) is 2.91. The van der Waals surface area contributed by atoms with Crippen molar-refractivity contribution in [2.45, 2.75) is 32.1 Å². The van der Waals surface area contributed by atoms with E-state index in [0.29, 0.717) is 0 Å². The van der Waals surface area contributed by atoms with E-state index in [2.05, 4.69) is 4.40 Å². The van der Waals surface area contributed by atoms with E-state index in [4.69, 9.17) is 0 Å². The lowest BCUT2D eigenvalue weighted by Crippen LogP contribution is -2.40. The summed E-state index contributed by atoms with van der Waals surface area (Å²) < 4.78 is 56.7. The first kappa shape index (κ1) is 17.3. The van der Waals surface area contributed by atoms with Crippen molar-refractivity contribution < 1.29 is 22.0 Å². The van der Waals surface area contributed by atoms with E-state index in [1.54, 1.807) is 21.0 Å². The molecule has 22 heavy (non-hydrogen) atoms. The van der Waals surface area contributed by atoms with Gasteiger partial charge in [-0.25, -0.2) is 8.78 Å². The van der Waals surface area contributed by atoms with Gasteiger partial charge in [0.15, 0.2) is 0 Å². The van der Waals surface area contributed by atoms with Crippen LogP contribution in [-0.4, -0.2) is 62.9 Å². The van der Waals surface area contributed by atoms with Gasteiger partial charge in [-0.3, -0.25) is 4.79 Å². The summed E-state index contributed by atoms with van der Waals surface area (Å²) in [5, 5.41) is 0. The highest BCUT2D eigenvalue weighted by molar-refractivity contribution is 7.87. The van der Waals surface area contributed by atoms with E-state index < -0.39 is 33.2 Å². The Labute approximate surface area is 129 Å². The fourth-order valence-electron chi connectivity index (χ4n) is 3.18. The summed E-state index contributed by atoms with van der Waals surface area (Å²) in [5.41, 5.74) is -1.35. The Bertz CT molecular complexity index is 581. The van der Waals surface area contributed by atoms with Crippen molar-refractivity contribution in [3.05, 3.63) is 0 Å². The van der Waals surface area contributed by atoms with E-state index in [1.165, 1.54) is 4.90 Å². The summed E-state index contributed by atoms with van der Waals surface area (Å²) in [5.74, 6) is -4.70. The van der Waals surface area contributed by atoms with Crippen LogP contribution in [0, 0.1) is 11.3 Å². The Morgan fingerprint density at radius 2 is 1.91 bits per heavy atom. The molecule has 1 saturated heterocycles. The SMILES string of the molecule is CCC(=O)[C@@H]1C(F)(F)C12CCN(S(=O)(=O)N=CN(C)C)CC2. The normalized spacial score (nSPS) is 27.2. The second kappa shape index (κ2) is 5.52. The van der Waals surface area contributed by atoms with E-state index in [9.17, 15) is 22.0 Å². The highest BCUT2D eigenvalue weighted by Gasteiger charge is 2.82. The molecule has 2 aliphatic rings. The first-order chi connectivity index (χ1) is 10.1. The number of alkyl halides is 2. The monoisotopic (exact) mass is 337 g/mol. The molecule has 0 N–H and O–H groups in total. The smallest absolute Gasteiger partial charge is 0.323 e. The lowest BCUT2D eigenvalue weighted by atomic mass is 9.90. The van der Waals surface area contributed by atoms with Crippen LogP contribution in [0.1, 0.15) is 26.2 Å². The number of carbonyl (C=O) groups is 1. The van der Waals surface area contributed by atoms with E-state index >= 15 is 0 Å². The number of Topliss-reactive ketones (excluding diaryl/α,β-unsaturated/α-hetero) is 1. The zero-order valence-electron chi connectivity index (χ0n) is 12.9. The van der Waals surface area contributed by atoms with Crippen molar-refractivity contribution in [2.75, 3.05) is 27.2 Å². The number of hydrogen-bond acceptors (Lipinski definition) is 3. The van der Waals surface area contributed by atoms with Gasteiger partial charge in [0.1, 0.15) is 12.1 Å². The highest BCUT2D eigenvalue weighted by atomic mass is 32.2. The summed E-state index contributed by atoms with van der Waals surface area (Å²) in [4.78, 5) is 13.2. The molecule has 0 unspecified atom stereocenters. The van der Waals surface area contributed by atoms with Crippen LogP contribution in [0.25, 0.3) is 0 Å². The fourth-order valence-corrected chi connectivity index (χ4v) is 4.27. The minimum atomic E-state index is -3.85. The Hall–Kier alpha value is -1.09. The summed E-state index contributed by atoms with van der Waals surface area (Å²) in [7, 11) is -0.580. The third kappa shape index (κ3) is 2.64. The van der Waals surface area contributed by atoms with Crippen molar-refractivity contribution in [2.24, 2.45) is 15.7 Å². The minimum Gasteiger partial charge on any atom is -0.368 e. The Morgan fingerprint density at radius 1 is 1.36 bits per heavy atom. The number of rotatable bonds is 5. The number of halogens is 2. The largest absolute Gasteiger partial charge is 0.368 e. The third-order valence-electron chi connectivity index (χ3n) is 4.52. The maximum atomic E-state index is 14.0. The molecule has 0 amide bonds. The molecule has 0 aromatic rings. The number of hydrogen-bond donors (Lipinski definition) is 0. The average molecular weight is 337 g/mol. The number of carbonyl (C=O) groups excluding carboxylic acids is 1. The molecular weight excluding hydrogens is 316 g/mol. The third-order valence-corrected chi connectivity index (χ3v) is 5.90. The van der Waals surface area contributed by atoms with Gasteiger partial charge >= 0.3 is 10.2 Å². The Balaban J connectivity index is 2.07. The molecular formula is C13H21F2N3O3S. The minimum absolute atomic E-state index is 0.00682. The summed E-state index contributed by atoms with van der Waals surface area (Å²) >= 11 is 0. The van der Waals surface area contributed by atoms with Crippen LogP contribution in [0.4, 0.5) is 8.78 Å². The van der Waals surface area contributed by atoms with Crippen molar-refractivity contribution in [3.8, 4) is 0 Å². The van der Waals surface area contributed by atoms with Gasteiger partial charge < -0.3 is 4.90 Å². The van der Waals surface area contributed by atoms with Crippen LogP contribution in [0.3, 0.4) is 0 Å². The fraction of sp³-hybridized carbons (Fsp3) is 0.846. The summed E-state index contributed by atoms with van der Waals surface area (Å²) in [6, 6.07) is 0. The quantitative estimate of drug-likeness (QED) is 0.557. The van der Waals surface area contributed by atoms with Gasteiger partial charge in [0.05, 0.1) is 11.3 Å². The predicted octanol–water partition coefficient (Wildman–Crippen LogP) is 1.15. The van der Waals surface area contributed by atoms with E-state index in [0.717, 1.165) is 10.6 Å². The lowest BCUT2D eigenvalue weighted by Gasteiger charge is -2.30. The van der Waals surface area contributed by atoms with Gasteiger partial charge in [-0.1, -0.05) is 6.92 Å². The summed E-state index contributed by atoms with van der Waals surface area (Å²) in [6.07, 6.45) is 1.23. The van der Waals surface area contributed by atoms with E-state index in [1.807, 2.05) is 0 Å². The topological polar surface area (TPSA) is 70.0 Å². The first-order valence-corrected chi connectivity index (χ1v) is 8.60. The van der Waals surface area contributed by atoms with Crippen molar-refractivity contribution in [1.82, 2.24) is 9.21 Å². The first-order valence-electron chi connectivity index (χ1n) is 7.21. The van der Waals surface area contributed by atoms with Gasteiger partial charge in [0, 0.05) is 33.6 Å². The summed E-state index contributed by atoms with van der Waals surface area (Å²) in [6.45, 7) is 1.51. The number of nitrogens with zero attached hydrogens (tertiary/aromatic N) is 3.